The molecule has 0 fully saturated rings. The van der Waals surface area contributed by atoms with E-state index in [9.17, 15) is 15.3 Å². The van der Waals surface area contributed by atoms with Crippen LogP contribution in [-0.2, 0) is 0 Å². The van der Waals surface area contributed by atoms with Gasteiger partial charge in [-0.3, -0.25) is 9.98 Å². The van der Waals surface area contributed by atoms with Crippen molar-refractivity contribution >= 4 is 58.0 Å². The highest BCUT2D eigenvalue weighted by atomic mass is 16.3. The molecule has 226 valence electrons. The normalized spacial score (nSPS) is 15.2. The lowest BCUT2D eigenvalue weighted by Gasteiger charge is -2.12. The molecule has 0 saturated heterocycles. The Kier molecular flexibility index (Phi) is 8.63. The molecule has 45 heavy (non-hydrogen) atoms. The molecule has 2 aliphatic heterocycles. The maximum Gasteiger partial charge on any atom is 0.291 e. The minimum absolute atomic E-state index is 0.268. The minimum Gasteiger partial charge on any atom is -0.493 e. The Labute approximate surface area is 259 Å². The summed E-state index contributed by atoms with van der Waals surface area (Å²) in [6.45, 7) is 2.98. The predicted octanol–water partition coefficient (Wildman–Crippen LogP) is 5.34. The second-order valence-electron chi connectivity index (χ2n) is 10.1. The van der Waals surface area contributed by atoms with Gasteiger partial charge in [-0.05, 0) is 54.6 Å². The third-order valence-electron chi connectivity index (χ3n) is 6.75. The molecule has 0 spiro atoms. The van der Waals surface area contributed by atoms with Crippen molar-refractivity contribution in [2.45, 2.75) is 0 Å². The molecule has 4 aromatic carbocycles. The maximum atomic E-state index is 10.9. The fourth-order valence-electron chi connectivity index (χ4n) is 4.78. The summed E-state index contributed by atoms with van der Waals surface area (Å²) in [7, 11) is 0. The number of para-hydroxylation sites is 1. The van der Waals surface area contributed by atoms with E-state index in [-0.39, 0.29) is 17.9 Å². The first-order valence-corrected chi connectivity index (χ1v) is 14.3. The second-order valence-corrected chi connectivity index (χ2v) is 10.1. The van der Waals surface area contributed by atoms with Crippen LogP contribution in [0.5, 0.6) is 0 Å². The summed E-state index contributed by atoms with van der Waals surface area (Å²) in [6, 6.07) is 27.7. The zero-order valence-corrected chi connectivity index (χ0v) is 24.1. The first kappa shape index (κ1) is 28.9. The average molecular weight is 602 g/mol. The van der Waals surface area contributed by atoms with Crippen molar-refractivity contribution in [2.24, 2.45) is 25.0 Å². The molecule has 2 aliphatic rings. The van der Waals surface area contributed by atoms with Crippen molar-refractivity contribution in [1.82, 2.24) is 10.6 Å². The molecule has 0 radical (unpaired) electrons. The van der Waals surface area contributed by atoms with Crippen LogP contribution in [0.3, 0.4) is 0 Å². The van der Waals surface area contributed by atoms with Crippen molar-refractivity contribution in [3.8, 4) is 0 Å². The van der Waals surface area contributed by atoms with Gasteiger partial charge in [0.05, 0.1) is 30.2 Å². The lowest BCUT2D eigenvalue weighted by molar-refractivity contribution is 0.550. The number of amidine groups is 4. The predicted molar refractivity (Wildman–Crippen MR) is 180 cm³/mol. The van der Waals surface area contributed by atoms with Crippen LogP contribution in [0, 0.1) is 0 Å². The van der Waals surface area contributed by atoms with Crippen LogP contribution in [-0.4, -0.2) is 71.1 Å². The molecular weight excluding hydrogens is 570 g/mol. The summed E-state index contributed by atoms with van der Waals surface area (Å²) in [5.74, 6) is 1.30. The number of nitrogens with one attached hydrogen (secondary N) is 4. The van der Waals surface area contributed by atoms with Gasteiger partial charge in [-0.1, -0.05) is 42.5 Å². The van der Waals surface area contributed by atoms with E-state index in [1.54, 1.807) is 42.5 Å². The van der Waals surface area contributed by atoms with E-state index in [0.717, 1.165) is 35.9 Å². The van der Waals surface area contributed by atoms with Crippen molar-refractivity contribution < 1.29 is 15.3 Å². The number of anilines is 2. The minimum atomic E-state index is -0.380. The topological polar surface area (TPSA) is 171 Å². The SMILES string of the molecule is OC(=Nc1cccc(C2=NCCN2)c1)Nc1cc(NC(O)=Nc2cccc(C3=NCCN3)c2)cc(C(O)=Nc2ccccc2)c1. The van der Waals surface area contributed by atoms with Gasteiger partial charge in [0.25, 0.3) is 12.0 Å². The molecule has 0 atom stereocenters. The lowest BCUT2D eigenvalue weighted by Crippen LogP contribution is -2.19. The van der Waals surface area contributed by atoms with E-state index in [0.29, 0.717) is 47.1 Å². The van der Waals surface area contributed by atoms with E-state index in [2.05, 4.69) is 46.2 Å². The highest BCUT2D eigenvalue weighted by Gasteiger charge is 2.12. The van der Waals surface area contributed by atoms with E-state index in [1.807, 2.05) is 54.6 Å². The summed E-state index contributed by atoms with van der Waals surface area (Å²) in [6.07, 6.45) is 0. The van der Waals surface area contributed by atoms with Gasteiger partial charge in [-0.25, -0.2) is 4.99 Å². The number of aliphatic imine (C=N–C) groups is 5. The zero-order valence-electron chi connectivity index (χ0n) is 24.1. The molecular formula is C33H31N9O3. The number of benzene rings is 4. The smallest absolute Gasteiger partial charge is 0.291 e. The van der Waals surface area contributed by atoms with E-state index < -0.39 is 0 Å². The molecule has 2 heterocycles. The van der Waals surface area contributed by atoms with Crippen LogP contribution in [0.15, 0.2) is 122 Å². The first-order chi connectivity index (χ1) is 22.0. The molecule has 6 rings (SSSR count). The van der Waals surface area contributed by atoms with Gasteiger partial charge in [0.2, 0.25) is 5.90 Å². The highest BCUT2D eigenvalue weighted by molar-refractivity contribution is 6.02. The average Bonchev–Trinajstić information content (AvgIpc) is 3.77. The van der Waals surface area contributed by atoms with E-state index in [1.165, 1.54) is 0 Å². The van der Waals surface area contributed by atoms with Crippen molar-refractivity contribution in [2.75, 3.05) is 36.8 Å². The molecule has 0 saturated carbocycles. The number of aliphatic hydroxyl groups excluding tert-OH is 3. The van der Waals surface area contributed by atoms with Gasteiger partial charge in [0.1, 0.15) is 11.7 Å². The van der Waals surface area contributed by atoms with Crippen molar-refractivity contribution in [3.05, 3.63) is 114 Å². The molecule has 12 nitrogen and oxygen atoms in total. The standard InChI is InChI=1S/C33H31N9O3/c43-31(38-24-8-2-1-3-9-24)23-18-27(41-32(44)39-25-10-4-6-21(16-25)29-34-12-13-35-29)20-28(19-23)42-33(45)40-26-11-5-7-22(17-26)30-36-14-15-37-30/h1-11,16-20H,12-15H2,(H,34,35)(H,36,37)(H,38,43)(H2,39,41,44)(H2,40,42,45). The molecule has 0 bridgehead atoms. The van der Waals surface area contributed by atoms with Crippen molar-refractivity contribution in [1.29, 1.82) is 0 Å². The van der Waals surface area contributed by atoms with Gasteiger partial charge in [0, 0.05) is 41.2 Å². The quantitative estimate of drug-likeness (QED) is 0.106. The zero-order chi connectivity index (χ0) is 31.0. The molecule has 0 aromatic heterocycles. The Morgan fingerprint density at radius 2 is 1.09 bits per heavy atom. The molecule has 7 N–H and O–H groups in total. The number of aliphatic hydroxyl groups is 3. The summed E-state index contributed by atoms with van der Waals surface area (Å²) < 4.78 is 0. The van der Waals surface area contributed by atoms with Gasteiger partial charge in [-0.15, -0.1) is 0 Å². The fourth-order valence-corrected chi connectivity index (χ4v) is 4.78. The largest absolute Gasteiger partial charge is 0.493 e. The Hall–Kier alpha value is -6.17. The fraction of sp³-hybridized carbons (Fsp3) is 0.121. The third kappa shape index (κ3) is 7.62. The van der Waals surface area contributed by atoms with Gasteiger partial charge < -0.3 is 36.6 Å². The van der Waals surface area contributed by atoms with Gasteiger partial charge in [0.15, 0.2) is 0 Å². The van der Waals surface area contributed by atoms with Crippen LogP contribution in [0.2, 0.25) is 0 Å². The lowest BCUT2D eigenvalue weighted by atomic mass is 10.1. The number of nitrogens with zero attached hydrogens (tertiary/aromatic N) is 5. The molecule has 4 aromatic rings. The summed E-state index contributed by atoms with van der Waals surface area (Å²) in [4.78, 5) is 21.7. The van der Waals surface area contributed by atoms with Crippen molar-refractivity contribution in [3.63, 3.8) is 0 Å². The molecule has 0 unspecified atom stereocenters. The highest BCUT2D eigenvalue weighted by Crippen LogP contribution is 2.23. The van der Waals surface area contributed by atoms with Crippen LogP contribution < -0.4 is 21.3 Å². The Morgan fingerprint density at radius 1 is 0.578 bits per heavy atom. The maximum absolute atomic E-state index is 10.9. The molecule has 0 amide bonds. The number of rotatable bonds is 8. The van der Waals surface area contributed by atoms with Crippen LogP contribution in [0.4, 0.5) is 28.4 Å². The monoisotopic (exact) mass is 601 g/mol. The second kappa shape index (κ2) is 13.4. The third-order valence-corrected chi connectivity index (χ3v) is 6.75. The molecule has 12 heteroatoms. The van der Waals surface area contributed by atoms with Crippen LogP contribution in [0.1, 0.15) is 16.7 Å². The van der Waals surface area contributed by atoms with E-state index in [4.69, 9.17) is 0 Å². The Bertz CT molecular complexity index is 1750. The molecule has 0 aliphatic carbocycles. The number of hydrogen-bond acceptors (Lipinski definition) is 7. The Morgan fingerprint density at radius 3 is 1.58 bits per heavy atom. The summed E-state index contributed by atoms with van der Waals surface area (Å²) in [5.41, 5.74) is 4.36. The van der Waals surface area contributed by atoms with Gasteiger partial charge in [-0.2, -0.15) is 9.98 Å². The van der Waals surface area contributed by atoms with Crippen LogP contribution in [0.25, 0.3) is 0 Å². The van der Waals surface area contributed by atoms with Gasteiger partial charge >= 0.3 is 0 Å². The Balaban J connectivity index is 1.27. The summed E-state index contributed by atoms with van der Waals surface area (Å²) >= 11 is 0. The first-order valence-electron chi connectivity index (χ1n) is 14.3. The van der Waals surface area contributed by atoms with E-state index >= 15 is 0 Å². The number of hydrogen-bond donors (Lipinski definition) is 7. The van der Waals surface area contributed by atoms with Crippen LogP contribution >= 0.6 is 0 Å². The summed E-state index contributed by atoms with van der Waals surface area (Å²) in [5, 5.41) is 44.6.